The lowest BCUT2D eigenvalue weighted by atomic mass is 10.1. The Morgan fingerprint density at radius 3 is 2.52 bits per heavy atom. The first kappa shape index (κ1) is 19.0. The van der Waals surface area contributed by atoms with Crippen LogP contribution in [-0.2, 0) is 16.3 Å². The number of rotatable bonds is 6. The van der Waals surface area contributed by atoms with Gasteiger partial charge >= 0.3 is 0 Å². The third-order valence-electron chi connectivity index (χ3n) is 4.70. The van der Waals surface area contributed by atoms with Crippen LogP contribution in [0.5, 0.6) is 0 Å². The van der Waals surface area contributed by atoms with Crippen molar-refractivity contribution in [2.45, 2.75) is 18.9 Å². The molecule has 0 spiro atoms. The van der Waals surface area contributed by atoms with E-state index < -0.39 is 20.8 Å². The highest BCUT2D eigenvalue weighted by Crippen LogP contribution is 2.22. The molecule has 0 saturated carbocycles. The molecule has 0 radical (unpaired) electrons. The van der Waals surface area contributed by atoms with Crippen molar-refractivity contribution in [3.8, 4) is 0 Å². The molecular weight excluding hydrogens is 368 g/mol. The molecule has 2 aromatic carbocycles. The first-order valence-corrected chi connectivity index (χ1v) is 10.5. The van der Waals surface area contributed by atoms with Gasteiger partial charge < -0.3 is 4.90 Å². The molecule has 0 aromatic heterocycles. The van der Waals surface area contributed by atoms with Gasteiger partial charge in [-0.3, -0.25) is 14.9 Å². The monoisotopic (exact) mass is 388 g/mol. The summed E-state index contributed by atoms with van der Waals surface area (Å²) in [5, 5.41) is 11.0. The summed E-state index contributed by atoms with van der Waals surface area (Å²) in [6.45, 7) is 0.353. The smallest absolute Gasteiger partial charge is 0.270 e. The summed E-state index contributed by atoms with van der Waals surface area (Å²) in [4.78, 5) is 25.0. The molecule has 3 rings (SSSR count). The SMILES string of the molecule is O=C(c1cccc([N+](=O)[O-])c1)N(CCc1ccccc1)C1CCS(=O)(=O)C1. The zero-order chi connectivity index (χ0) is 19.4. The molecule has 1 aliphatic rings. The number of hydrogen-bond acceptors (Lipinski definition) is 5. The molecule has 2 aromatic rings. The lowest BCUT2D eigenvalue weighted by Crippen LogP contribution is -2.42. The molecule has 1 atom stereocenters. The number of carbonyl (C=O) groups excluding carboxylic acids is 1. The second kappa shape index (κ2) is 7.87. The van der Waals surface area contributed by atoms with E-state index in [1.807, 2.05) is 30.3 Å². The third kappa shape index (κ3) is 4.71. The van der Waals surface area contributed by atoms with Gasteiger partial charge in [0.15, 0.2) is 9.84 Å². The van der Waals surface area contributed by atoms with Crippen molar-refractivity contribution in [3.63, 3.8) is 0 Å². The quantitative estimate of drug-likeness (QED) is 0.559. The van der Waals surface area contributed by atoms with Gasteiger partial charge in [0.25, 0.3) is 11.6 Å². The lowest BCUT2D eigenvalue weighted by Gasteiger charge is -2.28. The molecule has 27 heavy (non-hydrogen) atoms. The summed E-state index contributed by atoms with van der Waals surface area (Å²) < 4.78 is 23.8. The first-order chi connectivity index (χ1) is 12.9. The van der Waals surface area contributed by atoms with E-state index in [4.69, 9.17) is 0 Å². The summed E-state index contributed by atoms with van der Waals surface area (Å²) in [5.74, 6) is -0.388. The maximum atomic E-state index is 13.0. The summed E-state index contributed by atoms with van der Waals surface area (Å²) in [5.41, 5.74) is 1.07. The van der Waals surface area contributed by atoms with Gasteiger partial charge in [0.1, 0.15) is 0 Å². The molecule has 1 unspecified atom stereocenters. The molecule has 1 saturated heterocycles. The number of nitrogens with zero attached hydrogens (tertiary/aromatic N) is 2. The topological polar surface area (TPSA) is 97.6 Å². The van der Waals surface area contributed by atoms with Crippen molar-refractivity contribution >= 4 is 21.4 Å². The molecule has 0 aliphatic carbocycles. The number of nitro benzene ring substituents is 1. The van der Waals surface area contributed by atoms with E-state index in [0.717, 1.165) is 5.56 Å². The Morgan fingerprint density at radius 1 is 1.15 bits per heavy atom. The van der Waals surface area contributed by atoms with E-state index in [9.17, 15) is 23.3 Å². The minimum absolute atomic E-state index is 0.0573. The zero-order valence-corrected chi connectivity index (χ0v) is 15.5. The predicted molar refractivity (Wildman–Crippen MR) is 101 cm³/mol. The van der Waals surface area contributed by atoms with Crippen molar-refractivity contribution in [3.05, 3.63) is 75.8 Å². The molecule has 1 aliphatic heterocycles. The van der Waals surface area contributed by atoms with E-state index in [1.54, 1.807) is 4.90 Å². The van der Waals surface area contributed by atoms with Crippen LogP contribution in [0.25, 0.3) is 0 Å². The van der Waals surface area contributed by atoms with Crippen molar-refractivity contribution < 1.29 is 18.1 Å². The minimum atomic E-state index is -3.16. The molecular formula is C19H20N2O5S. The van der Waals surface area contributed by atoms with Crippen molar-refractivity contribution in [1.82, 2.24) is 4.90 Å². The van der Waals surface area contributed by atoms with E-state index in [1.165, 1.54) is 24.3 Å². The summed E-state index contributed by atoms with van der Waals surface area (Å²) in [7, 11) is -3.16. The number of non-ortho nitro benzene ring substituents is 1. The standard InChI is InChI=1S/C19H20N2O5S/c22-19(16-7-4-8-17(13-16)21(23)24)20(18-10-12-27(25,26)14-18)11-9-15-5-2-1-3-6-15/h1-8,13,18H,9-12,14H2. The number of sulfone groups is 1. The Kier molecular flexibility index (Phi) is 5.55. The lowest BCUT2D eigenvalue weighted by molar-refractivity contribution is -0.384. The number of amides is 1. The Labute approximate surface area is 157 Å². The molecule has 0 N–H and O–H groups in total. The molecule has 8 heteroatoms. The molecule has 1 heterocycles. The maximum absolute atomic E-state index is 13.0. The van der Waals surface area contributed by atoms with E-state index >= 15 is 0 Å². The Balaban J connectivity index is 1.85. The minimum Gasteiger partial charge on any atom is -0.334 e. The van der Waals surface area contributed by atoms with Gasteiger partial charge in [0, 0.05) is 30.3 Å². The number of hydrogen-bond donors (Lipinski definition) is 0. The highest BCUT2D eigenvalue weighted by atomic mass is 32.2. The van der Waals surface area contributed by atoms with Gasteiger partial charge in [-0.1, -0.05) is 36.4 Å². The van der Waals surface area contributed by atoms with Crippen LogP contribution >= 0.6 is 0 Å². The third-order valence-corrected chi connectivity index (χ3v) is 6.45. The van der Waals surface area contributed by atoms with Crippen LogP contribution in [0.1, 0.15) is 22.3 Å². The molecule has 1 fully saturated rings. The Morgan fingerprint density at radius 2 is 1.89 bits per heavy atom. The summed E-state index contributed by atoms with van der Waals surface area (Å²) >= 11 is 0. The van der Waals surface area contributed by atoms with E-state index in [-0.39, 0.29) is 28.7 Å². The van der Waals surface area contributed by atoms with Gasteiger partial charge in [-0.05, 0) is 24.5 Å². The van der Waals surface area contributed by atoms with Gasteiger partial charge in [0.2, 0.25) is 0 Å². The Bertz CT molecular complexity index is 944. The van der Waals surface area contributed by atoms with Gasteiger partial charge in [-0.25, -0.2) is 8.42 Å². The normalized spacial score (nSPS) is 18.1. The summed E-state index contributed by atoms with van der Waals surface area (Å²) in [6.07, 6.45) is 0.968. The second-order valence-corrected chi connectivity index (χ2v) is 8.83. The number of benzene rings is 2. The van der Waals surface area contributed by atoms with Crippen LogP contribution in [0.3, 0.4) is 0 Å². The Hall–Kier alpha value is -2.74. The highest BCUT2D eigenvalue weighted by molar-refractivity contribution is 7.91. The van der Waals surface area contributed by atoms with Crippen molar-refractivity contribution in [1.29, 1.82) is 0 Å². The number of carbonyl (C=O) groups is 1. The highest BCUT2D eigenvalue weighted by Gasteiger charge is 2.35. The van der Waals surface area contributed by atoms with Gasteiger partial charge in [0.05, 0.1) is 16.4 Å². The number of nitro groups is 1. The average molecular weight is 388 g/mol. The van der Waals surface area contributed by atoms with Gasteiger partial charge in [-0.2, -0.15) is 0 Å². The first-order valence-electron chi connectivity index (χ1n) is 8.65. The van der Waals surface area contributed by atoms with Crippen LogP contribution in [0, 0.1) is 10.1 Å². The molecule has 142 valence electrons. The fourth-order valence-electron chi connectivity index (χ4n) is 3.28. The van der Waals surface area contributed by atoms with Crippen molar-refractivity contribution in [2.24, 2.45) is 0 Å². The zero-order valence-electron chi connectivity index (χ0n) is 14.7. The predicted octanol–water partition coefficient (Wildman–Crippen LogP) is 2.47. The van der Waals surface area contributed by atoms with Crippen LogP contribution in [0.15, 0.2) is 54.6 Å². The summed E-state index contributed by atoms with van der Waals surface area (Å²) in [6, 6.07) is 14.7. The van der Waals surface area contributed by atoms with Gasteiger partial charge in [-0.15, -0.1) is 0 Å². The molecule has 7 nitrogen and oxygen atoms in total. The second-order valence-electron chi connectivity index (χ2n) is 6.60. The van der Waals surface area contributed by atoms with Crippen LogP contribution in [0.4, 0.5) is 5.69 Å². The van der Waals surface area contributed by atoms with Crippen LogP contribution in [-0.4, -0.2) is 48.2 Å². The maximum Gasteiger partial charge on any atom is 0.270 e. The van der Waals surface area contributed by atoms with Crippen LogP contribution < -0.4 is 0 Å². The van der Waals surface area contributed by atoms with E-state index in [0.29, 0.717) is 19.4 Å². The molecule has 1 amide bonds. The van der Waals surface area contributed by atoms with Crippen LogP contribution in [0.2, 0.25) is 0 Å². The average Bonchev–Trinajstić information content (AvgIpc) is 3.02. The largest absolute Gasteiger partial charge is 0.334 e. The fraction of sp³-hybridized carbons (Fsp3) is 0.316. The van der Waals surface area contributed by atoms with Crippen molar-refractivity contribution in [2.75, 3.05) is 18.1 Å². The fourth-order valence-corrected chi connectivity index (χ4v) is 5.01. The molecule has 0 bridgehead atoms. The van der Waals surface area contributed by atoms with E-state index in [2.05, 4.69) is 0 Å².